The van der Waals surface area contributed by atoms with E-state index in [1.165, 1.54) is 0 Å². The van der Waals surface area contributed by atoms with Crippen LogP contribution in [0.2, 0.25) is 0 Å². The van der Waals surface area contributed by atoms with Gasteiger partial charge in [0.1, 0.15) is 0 Å². The Labute approximate surface area is 150 Å². The smallest absolute Gasteiger partial charge is 0.239 e. The molecule has 0 spiro atoms. The van der Waals surface area contributed by atoms with Crippen molar-refractivity contribution in [3.63, 3.8) is 0 Å². The minimum absolute atomic E-state index is 0.0264. The third-order valence-electron chi connectivity index (χ3n) is 4.34. The Morgan fingerprint density at radius 2 is 2.04 bits per heavy atom. The third-order valence-corrected chi connectivity index (χ3v) is 4.34. The van der Waals surface area contributed by atoms with Crippen LogP contribution in [0.5, 0.6) is 0 Å². The first kappa shape index (κ1) is 19.4. The Morgan fingerprint density at radius 3 is 2.76 bits per heavy atom. The largest absolute Gasteiger partial charge is 0.377 e. The van der Waals surface area contributed by atoms with Crippen LogP contribution < -0.4 is 5.32 Å². The average Bonchev–Trinajstić information content (AvgIpc) is 3.06. The zero-order chi connectivity index (χ0) is 18.1. The molecular formula is C19H29N3O3. The highest BCUT2D eigenvalue weighted by Crippen LogP contribution is 2.18. The zero-order valence-electron chi connectivity index (χ0n) is 15.2. The van der Waals surface area contributed by atoms with Crippen molar-refractivity contribution in [2.24, 2.45) is 0 Å². The van der Waals surface area contributed by atoms with Gasteiger partial charge in [0.15, 0.2) is 0 Å². The fourth-order valence-electron chi connectivity index (χ4n) is 3.00. The molecule has 1 heterocycles. The van der Waals surface area contributed by atoms with E-state index in [1.54, 1.807) is 19.0 Å². The summed E-state index contributed by atoms with van der Waals surface area (Å²) < 4.78 is 5.60. The van der Waals surface area contributed by atoms with Crippen molar-refractivity contribution in [1.29, 1.82) is 0 Å². The molecule has 1 fully saturated rings. The number of hydrogen-bond donors (Lipinski definition) is 1. The summed E-state index contributed by atoms with van der Waals surface area (Å²) in [5.74, 6) is 0.0566. The van der Waals surface area contributed by atoms with Crippen LogP contribution in [0.3, 0.4) is 0 Å². The van der Waals surface area contributed by atoms with Crippen LogP contribution in [-0.4, -0.2) is 68.0 Å². The molecule has 25 heavy (non-hydrogen) atoms. The summed E-state index contributed by atoms with van der Waals surface area (Å²) in [7, 11) is 3.52. The molecule has 0 saturated carbocycles. The number of nitrogens with zero attached hydrogens (tertiary/aromatic N) is 2. The van der Waals surface area contributed by atoms with E-state index in [9.17, 15) is 9.59 Å². The van der Waals surface area contributed by atoms with E-state index in [4.69, 9.17) is 4.74 Å². The number of nitrogens with one attached hydrogen (secondary N) is 1. The normalized spacial score (nSPS) is 17.4. The molecule has 1 aliphatic heterocycles. The summed E-state index contributed by atoms with van der Waals surface area (Å²) in [6.07, 6.45) is 2.57. The Bertz CT molecular complexity index is 548. The average molecular weight is 347 g/mol. The lowest BCUT2D eigenvalue weighted by molar-refractivity contribution is -0.134. The van der Waals surface area contributed by atoms with Crippen LogP contribution in [0.4, 0.5) is 0 Å². The lowest BCUT2D eigenvalue weighted by Gasteiger charge is -2.25. The summed E-state index contributed by atoms with van der Waals surface area (Å²) >= 11 is 0. The van der Waals surface area contributed by atoms with E-state index in [2.05, 4.69) is 5.32 Å². The molecule has 0 aromatic heterocycles. The first-order valence-electron chi connectivity index (χ1n) is 8.91. The standard InChI is InChI=1S/C19H29N3O3/c1-21(2)19(24)17-10-6-12-22(17)14-18(23)20-11-7-13-25-15-16-8-4-3-5-9-16/h3-5,8-9,17H,6-7,10-15H2,1-2H3,(H,20,23). The van der Waals surface area contributed by atoms with E-state index >= 15 is 0 Å². The van der Waals surface area contributed by atoms with Crippen molar-refractivity contribution in [3.8, 4) is 0 Å². The van der Waals surface area contributed by atoms with E-state index in [1.807, 2.05) is 35.2 Å². The Hall–Kier alpha value is -1.92. The number of likely N-dealkylation sites (tertiary alicyclic amines) is 1. The summed E-state index contributed by atoms with van der Waals surface area (Å²) in [4.78, 5) is 27.8. The first-order chi connectivity index (χ1) is 12.1. The maximum atomic E-state index is 12.1. The van der Waals surface area contributed by atoms with Gasteiger partial charge in [-0.1, -0.05) is 30.3 Å². The minimum atomic E-state index is -0.157. The Kier molecular flexibility index (Phi) is 7.88. The van der Waals surface area contributed by atoms with Gasteiger partial charge in [0.25, 0.3) is 0 Å². The van der Waals surface area contributed by atoms with Crippen LogP contribution in [0.1, 0.15) is 24.8 Å². The van der Waals surface area contributed by atoms with Crippen LogP contribution in [-0.2, 0) is 20.9 Å². The van der Waals surface area contributed by atoms with Gasteiger partial charge < -0.3 is 15.0 Å². The molecule has 1 aromatic rings. The molecule has 1 unspecified atom stereocenters. The van der Waals surface area contributed by atoms with E-state index in [0.29, 0.717) is 19.8 Å². The highest BCUT2D eigenvalue weighted by Gasteiger charge is 2.32. The highest BCUT2D eigenvalue weighted by molar-refractivity contribution is 5.83. The predicted molar refractivity (Wildman–Crippen MR) is 97.0 cm³/mol. The summed E-state index contributed by atoms with van der Waals surface area (Å²) in [6.45, 7) is 2.89. The maximum absolute atomic E-state index is 12.1. The van der Waals surface area contributed by atoms with Crippen LogP contribution in [0.15, 0.2) is 30.3 Å². The van der Waals surface area contributed by atoms with Crippen LogP contribution >= 0.6 is 0 Å². The third kappa shape index (κ3) is 6.48. The van der Waals surface area contributed by atoms with Crippen molar-refractivity contribution < 1.29 is 14.3 Å². The number of carbonyl (C=O) groups is 2. The molecule has 0 radical (unpaired) electrons. The molecule has 1 atom stereocenters. The topological polar surface area (TPSA) is 61.9 Å². The lowest BCUT2D eigenvalue weighted by Crippen LogP contribution is -2.46. The molecule has 1 aromatic carbocycles. The monoisotopic (exact) mass is 347 g/mol. The molecule has 6 heteroatoms. The fraction of sp³-hybridized carbons (Fsp3) is 0.579. The fourth-order valence-corrected chi connectivity index (χ4v) is 3.00. The second kappa shape index (κ2) is 10.2. The van der Waals surface area contributed by atoms with Crippen molar-refractivity contribution in [3.05, 3.63) is 35.9 Å². The van der Waals surface area contributed by atoms with E-state index in [0.717, 1.165) is 31.4 Å². The van der Waals surface area contributed by atoms with Crippen molar-refractivity contribution in [2.45, 2.75) is 31.9 Å². The molecular weight excluding hydrogens is 318 g/mol. The van der Waals surface area contributed by atoms with Gasteiger partial charge in [-0.2, -0.15) is 0 Å². The van der Waals surface area contributed by atoms with Crippen LogP contribution in [0, 0.1) is 0 Å². The molecule has 138 valence electrons. The van der Waals surface area contributed by atoms with Gasteiger partial charge in [-0.15, -0.1) is 0 Å². The number of benzene rings is 1. The van der Waals surface area contributed by atoms with Gasteiger partial charge in [0, 0.05) is 27.2 Å². The number of rotatable bonds is 9. The predicted octanol–water partition coefficient (Wildman–Crippen LogP) is 1.26. The van der Waals surface area contributed by atoms with E-state index in [-0.39, 0.29) is 24.4 Å². The van der Waals surface area contributed by atoms with Gasteiger partial charge in [-0.05, 0) is 31.4 Å². The van der Waals surface area contributed by atoms with Gasteiger partial charge >= 0.3 is 0 Å². The van der Waals surface area contributed by atoms with Gasteiger partial charge in [-0.3, -0.25) is 14.5 Å². The number of carbonyl (C=O) groups excluding carboxylic acids is 2. The summed E-state index contributed by atoms with van der Waals surface area (Å²) in [6, 6.07) is 9.87. The second-order valence-electron chi connectivity index (χ2n) is 6.60. The highest BCUT2D eigenvalue weighted by atomic mass is 16.5. The van der Waals surface area contributed by atoms with E-state index < -0.39 is 0 Å². The molecule has 1 saturated heterocycles. The number of amides is 2. The molecule has 2 rings (SSSR count). The molecule has 2 amide bonds. The maximum Gasteiger partial charge on any atom is 0.239 e. The molecule has 0 bridgehead atoms. The van der Waals surface area contributed by atoms with Crippen molar-refractivity contribution >= 4 is 11.8 Å². The summed E-state index contributed by atoms with van der Waals surface area (Å²) in [5.41, 5.74) is 1.15. The lowest BCUT2D eigenvalue weighted by atomic mass is 10.2. The Balaban J connectivity index is 1.58. The van der Waals surface area contributed by atoms with Crippen molar-refractivity contribution in [2.75, 3.05) is 40.3 Å². The Morgan fingerprint density at radius 1 is 1.28 bits per heavy atom. The molecule has 6 nitrogen and oxygen atoms in total. The first-order valence-corrected chi connectivity index (χ1v) is 8.91. The summed E-state index contributed by atoms with van der Waals surface area (Å²) in [5, 5.41) is 2.91. The number of hydrogen-bond acceptors (Lipinski definition) is 4. The van der Waals surface area contributed by atoms with Gasteiger partial charge in [0.2, 0.25) is 11.8 Å². The zero-order valence-corrected chi connectivity index (χ0v) is 15.2. The second-order valence-corrected chi connectivity index (χ2v) is 6.60. The quantitative estimate of drug-likeness (QED) is 0.683. The molecule has 0 aliphatic carbocycles. The van der Waals surface area contributed by atoms with Gasteiger partial charge in [-0.25, -0.2) is 0 Å². The SMILES string of the molecule is CN(C)C(=O)C1CCCN1CC(=O)NCCCOCc1ccccc1. The van der Waals surface area contributed by atoms with Crippen molar-refractivity contribution in [1.82, 2.24) is 15.1 Å². The molecule has 1 N–H and O–H groups in total. The molecule has 1 aliphatic rings. The van der Waals surface area contributed by atoms with Gasteiger partial charge in [0.05, 0.1) is 19.2 Å². The number of ether oxygens (including phenoxy) is 1. The van der Waals surface area contributed by atoms with Crippen LogP contribution in [0.25, 0.3) is 0 Å². The number of likely N-dealkylation sites (N-methyl/N-ethyl adjacent to an activating group) is 1. The minimum Gasteiger partial charge on any atom is -0.377 e.